The maximum atomic E-state index is 12.7. The van der Waals surface area contributed by atoms with Crippen LogP contribution < -0.4 is 0 Å². The fourth-order valence-corrected chi connectivity index (χ4v) is 2.93. The zero-order valence-corrected chi connectivity index (χ0v) is 12.0. The number of fused-ring (bicyclic) bond motifs is 1. The van der Waals surface area contributed by atoms with Crippen LogP contribution in [-0.2, 0) is 9.53 Å². The van der Waals surface area contributed by atoms with Crippen LogP contribution in [0.3, 0.4) is 0 Å². The van der Waals surface area contributed by atoms with Crippen molar-refractivity contribution in [1.82, 2.24) is 9.88 Å². The number of hydrogen-bond donors (Lipinski definition) is 1. The van der Waals surface area contributed by atoms with Crippen molar-refractivity contribution < 1.29 is 14.3 Å². The van der Waals surface area contributed by atoms with E-state index in [2.05, 4.69) is 4.98 Å². The van der Waals surface area contributed by atoms with Gasteiger partial charge < -0.3 is 14.6 Å². The number of rotatable bonds is 2. The molecule has 5 nitrogen and oxygen atoms in total. The fraction of sp³-hybridized carbons (Fsp3) is 0.375. The molecular weight excluding hydrogens is 268 g/mol. The molecule has 1 aliphatic heterocycles. The van der Waals surface area contributed by atoms with Crippen molar-refractivity contribution in [2.75, 3.05) is 20.2 Å². The van der Waals surface area contributed by atoms with E-state index in [4.69, 9.17) is 4.74 Å². The van der Waals surface area contributed by atoms with Crippen molar-refractivity contribution in [3.05, 3.63) is 36.0 Å². The lowest BCUT2D eigenvalue weighted by atomic mass is 9.96. The fourth-order valence-electron chi connectivity index (χ4n) is 2.93. The molecule has 1 amide bonds. The smallest absolute Gasteiger partial charge is 0.308 e. The van der Waals surface area contributed by atoms with Gasteiger partial charge in [-0.15, -0.1) is 0 Å². The van der Waals surface area contributed by atoms with Crippen LogP contribution in [0.1, 0.15) is 23.2 Å². The SMILES string of the molecule is COC(=O)C1CCN(C(=O)c2cccc3[nH]ccc23)CC1. The minimum absolute atomic E-state index is 0.0310. The highest BCUT2D eigenvalue weighted by molar-refractivity contribution is 6.06. The highest BCUT2D eigenvalue weighted by atomic mass is 16.5. The van der Waals surface area contributed by atoms with Gasteiger partial charge in [0, 0.05) is 35.8 Å². The van der Waals surface area contributed by atoms with E-state index < -0.39 is 0 Å². The van der Waals surface area contributed by atoms with Crippen LogP contribution in [0.5, 0.6) is 0 Å². The van der Waals surface area contributed by atoms with E-state index in [0.29, 0.717) is 31.5 Å². The molecule has 2 aromatic rings. The topological polar surface area (TPSA) is 62.4 Å². The second kappa shape index (κ2) is 5.60. The molecule has 1 N–H and O–H groups in total. The highest BCUT2D eigenvalue weighted by Crippen LogP contribution is 2.23. The third kappa shape index (κ3) is 2.51. The number of carbonyl (C=O) groups is 2. The summed E-state index contributed by atoms with van der Waals surface area (Å²) in [5.41, 5.74) is 1.68. The molecule has 1 aromatic heterocycles. The van der Waals surface area contributed by atoms with Gasteiger partial charge in [0.05, 0.1) is 13.0 Å². The van der Waals surface area contributed by atoms with Crippen molar-refractivity contribution in [3.8, 4) is 0 Å². The normalized spacial score (nSPS) is 16.1. The van der Waals surface area contributed by atoms with Gasteiger partial charge in [-0.25, -0.2) is 0 Å². The number of aromatic nitrogens is 1. The molecule has 3 rings (SSSR count). The Kier molecular flexibility index (Phi) is 3.64. The molecule has 110 valence electrons. The van der Waals surface area contributed by atoms with Crippen molar-refractivity contribution >= 4 is 22.8 Å². The van der Waals surface area contributed by atoms with E-state index in [9.17, 15) is 9.59 Å². The van der Waals surface area contributed by atoms with Crippen LogP contribution in [0.15, 0.2) is 30.5 Å². The molecule has 1 fully saturated rings. The zero-order chi connectivity index (χ0) is 14.8. The van der Waals surface area contributed by atoms with Crippen LogP contribution >= 0.6 is 0 Å². The third-order valence-electron chi connectivity index (χ3n) is 4.14. The Morgan fingerprint density at radius 1 is 1.24 bits per heavy atom. The number of ether oxygens (including phenoxy) is 1. The standard InChI is InChI=1S/C16H18N2O3/c1-21-16(20)11-6-9-18(10-7-11)15(19)13-3-2-4-14-12(13)5-8-17-14/h2-5,8,11,17H,6-7,9-10H2,1H3. The number of likely N-dealkylation sites (tertiary alicyclic amines) is 1. The molecule has 1 aliphatic rings. The highest BCUT2D eigenvalue weighted by Gasteiger charge is 2.28. The molecule has 21 heavy (non-hydrogen) atoms. The van der Waals surface area contributed by atoms with Crippen LogP contribution in [0, 0.1) is 5.92 Å². The summed E-state index contributed by atoms with van der Waals surface area (Å²) in [5.74, 6) is -0.222. The summed E-state index contributed by atoms with van der Waals surface area (Å²) >= 11 is 0. The molecule has 1 aromatic carbocycles. The van der Waals surface area contributed by atoms with E-state index in [0.717, 1.165) is 10.9 Å². The van der Waals surface area contributed by atoms with Gasteiger partial charge in [0.25, 0.3) is 5.91 Å². The lowest BCUT2D eigenvalue weighted by Crippen LogP contribution is -2.40. The number of amides is 1. The molecule has 0 atom stereocenters. The molecule has 0 aliphatic carbocycles. The maximum absolute atomic E-state index is 12.7. The Morgan fingerprint density at radius 2 is 2.00 bits per heavy atom. The monoisotopic (exact) mass is 286 g/mol. The minimum Gasteiger partial charge on any atom is -0.469 e. The quantitative estimate of drug-likeness (QED) is 0.861. The molecule has 0 spiro atoms. The van der Waals surface area contributed by atoms with Crippen LogP contribution in [0.25, 0.3) is 10.9 Å². The Labute approximate surface area is 122 Å². The Bertz CT molecular complexity index is 669. The summed E-state index contributed by atoms with van der Waals surface area (Å²) in [6.45, 7) is 1.19. The zero-order valence-electron chi connectivity index (χ0n) is 12.0. The molecule has 2 heterocycles. The first-order chi connectivity index (χ1) is 10.2. The molecule has 0 unspecified atom stereocenters. The van der Waals surface area contributed by atoms with Crippen LogP contribution in [0.4, 0.5) is 0 Å². The minimum atomic E-state index is -0.171. The molecule has 5 heteroatoms. The number of nitrogens with zero attached hydrogens (tertiary/aromatic N) is 1. The summed E-state index contributed by atoms with van der Waals surface area (Å²) < 4.78 is 4.77. The number of nitrogens with one attached hydrogen (secondary N) is 1. The molecular formula is C16H18N2O3. The second-order valence-electron chi connectivity index (χ2n) is 5.33. The number of aromatic amines is 1. The number of esters is 1. The molecule has 0 bridgehead atoms. The van der Waals surface area contributed by atoms with E-state index in [1.165, 1.54) is 7.11 Å². The van der Waals surface area contributed by atoms with Crippen LogP contribution in [0.2, 0.25) is 0 Å². The van der Waals surface area contributed by atoms with Crippen molar-refractivity contribution in [2.24, 2.45) is 5.92 Å². The molecule has 0 saturated carbocycles. The Balaban J connectivity index is 1.75. The Morgan fingerprint density at radius 3 is 2.71 bits per heavy atom. The average molecular weight is 286 g/mol. The number of H-pyrrole nitrogens is 1. The molecule has 0 radical (unpaired) electrons. The predicted octanol–water partition coefficient (Wildman–Crippen LogP) is 2.19. The predicted molar refractivity (Wildman–Crippen MR) is 78.9 cm³/mol. The Hall–Kier alpha value is -2.30. The van der Waals surface area contributed by atoms with Gasteiger partial charge in [-0.3, -0.25) is 9.59 Å². The van der Waals surface area contributed by atoms with Crippen molar-refractivity contribution in [2.45, 2.75) is 12.8 Å². The summed E-state index contributed by atoms with van der Waals surface area (Å²) in [6.07, 6.45) is 3.17. The summed E-state index contributed by atoms with van der Waals surface area (Å²) in [6, 6.07) is 7.61. The third-order valence-corrected chi connectivity index (χ3v) is 4.14. The van der Waals surface area contributed by atoms with Crippen molar-refractivity contribution in [1.29, 1.82) is 0 Å². The molecule has 1 saturated heterocycles. The van der Waals surface area contributed by atoms with Crippen molar-refractivity contribution in [3.63, 3.8) is 0 Å². The van der Waals surface area contributed by atoms with Crippen LogP contribution in [-0.4, -0.2) is 42.0 Å². The maximum Gasteiger partial charge on any atom is 0.308 e. The van der Waals surface area contributed by atoms with Gasteiger partial charge >= 0.3 is 5.97 Å². The van der Waals surface area contributed by atoms with Gasteiger partial charge in [0.15, 0.2) is 0 Å². The first kappa shape index (κ1) is 13.7. The lowest BCUT2D eigenvalue weighted by Gasteiger charge is -2.30. The number of hydrogen-bond acceptors (Lipinski definition) is 3. The first-order valence-electron chi connectivity index (χ1n) is 7.14. The van der Waals surface area contributed by atoms with E-state index in [1.807, 2.05) is 35.4 Å². The second-order valence-corrected chi connectivity index (χ2v) is 5.33. The number of methoxy groups -OCH3 is 1. The van der Waals surface area contributed by atoms with Gasteiger partial charge in [-0.05, 0) is 31.0 Å². The van der Waals surface area contributed by atoms with Gasteiger partial charge in [-0.2, -0.15) is 0 Å². The number of carbonyl (C=O) groups excluding carboxylic acids is 2. The summed E-state index contributed by atoms with van der Waals surface area (Å²) in [7, 11) is 1.41. The van der Waals surface area contributed by atoms with Gasteiger partial charge in [-0.1, -0.05) is 6.07 Å². The lowest BCUT2D eigenvalue weighted by molar-refractivity contribution is -0.146. The average Bonchev–Trinajstić information content (AvgIpc) is 3.02. The number of piperidine rings is 1. The van der Waals surface area contributed by atoms with E-state index in [-0.39, 0.29) is 17.8 Å². The largest absolute Gasteiger partial charge is 0.469 e. The summed E-state index contributed by atoms with van der Waals surface area (Å²) in [5, 5.41) is 0.942. The summed E-state index contributed by atoms with van der Waals surface area (Å²) in [4.78, 5) is 29.1. The van der Waals surface area contributed by atoms with E-state index in [1.54, 1.807) is 0 Å². The first-order valence-corrected chi connectivity index (χ1v) is 7.14. The van der Waals surface area contributed by atoms with E-state index >= 15 is 0 Å². The van der Waals surface area contributed by atoms with Gasteiger partial charge in [0.1, 0.15) is 0 Å². The van der Waals surface area contributed by atoms with Gasteiger partial charge in [0.2, 0.25) is 0 Å². The number of benzene rings is 1.